The maximum atomic E-state index is 10.7. The number of phenols is 1. The summed E-state index contributed by atoms with van der Waals surface area (Å²) in [4.78, 5) is 4.36. The molecule has 202 valence electrons. The third kappa shape index (κ3) is 13.1. The predicted octanol–water partition coefficient (Wildman–Crippen LogP) is 7.69. The van der Waals surface area contributed by atoms with E-state index in [4.69, 9.17) is 10.5 Å². The molecule has 1 aliphatic heterocycles. The number of allylic oxidation sites excluding steroid dienone is 5. The van der Waals surface area contributed by atoms with Crippen LogP contribution in [0.4, 0.5) is 0 Å². The van der Waals surface area contributed by atoms with Gasteiger partial charge in [0.2, 0.25) is 0 Å². The minimum absolute atomic E-state index is 0.308. The number of hydrogen-bond donors (Lipinski definition) is 3. The van der Waals surface area contributed by atoms with Crippen LogP contribution in [-0.2, 0) is 0 Å². The minimum Gasteiger partial charge on any atom is -0.516 e. The number of nitrogens with one attached hydrogen (secondary N) is 1. The van der Waals surface area contributed by atoms with Gasteiger partial charge in [0.25, 0.3) is 0 Å². The van der Waals surface area contributed by atoms with Crippen LogP contribution in [0.15, 0.2) is 81.2 Å². The van der Waals surface area contributed by atoms with E-state index < -0.39 is 0 Å². The summed E-state index contributed by atoms with van der Waals surface area (Å²) in [5.41, 5.74) is 1.79. The van der Waals surface area contributed by atoms with Crippen molar-refractivity contribution in [1.82, 2.24) is 9.80 Å². The van der Waals surface area contributed by atoms with Crippen LogP contribution in [0.5, 0.6) is 5.75 Å². The van der Waals surface area contributed by atoms with Crippen molar-refractivity contribution in [2.24, 2.45) is 5.92 Å². The van der Waals surface area contributed by atoms with Crippen LogP contribution in [0.2, 0.25) is 0 Å². The number of piperidine rings is 1. The van der Waals surface area contributed by atoms with E-state index in [9.17, 15) is 5.11 Å². The van der Waals surface area contributed by atoms with E-state index in [0.29, 0.717) is 23.4 Å². The Hall–Kier alpha value is -3.05. The van der Waals surface area contributed by atoms with Gasteiger partial charge in [-0.15, -0.1) is 6.58 Å². The summed E-state index contributed by atoms with van der Waals surface area (Å²) in [6, 6.07) is 5.77. The van der Waals surface area contributed by atoms with Gasteiger partial charge in [0, 0.05) is 18.7 Å². The van der Waals surface area contributed by atoms with Crippen LogP contribution in [0, 0.1) is 11.3 Å². The van der Waals surface area contributed by atoms with Gasteiger partial charge in [0.15, 0.2) is 0 Å². The lowest BCUT2D eigenvalue weighted by Gasteiger charge is -2.34. The Morgan fingerprint density at radius 1 is 1.08 bits per heavy atom. The fourth-order valence-electron chi connectivity index (χ4n) is 3.97. The van der Waals surface area contributed by atoms with Crippen molar-refractivity contribution in [3.8, 4) is 5.75 Å². The molecule has 0 radical (unpaired) electrons. The Balaban J connectivity index is 0. The van der Waals surface area contributed by atoms with Gasteiger partial charge in [0.1, 0.15) is 11.6 Å². The topological polar surface area (TPSA) is 70.8 Å². The summed E-state index contributed by atoms with van der Waals surface area (Å²) in [6.45, 7) is 25.9. The van der Waals surface area contributed by atoms with Crippen LogP contribution in [0.3, 0.4) is 0 Å². The van der Waals surface area contributed by atoms with Gasteiger partial charge in [0.05, 0.1) is 6.26 Å². The lowest BCUT2D eigenvalue weighted by Crippen LogP contribution is -2.32. The Morgan fingerprint density at radius 3 is 2.00 bits per heavy atom. The smallest absolute Gasteiger partial charge is 0.128 e. The summed E-state index contributed by atoms with van der Waals surface area (Å²) in [7, 11) is 2.17. The molecule has 1 atom stereocenters. The van der Waals surface area contributed by atoms with E-state index in [0.717, 1.165) is 62.8 Å². The lowest BCUT2D eigenvalue weighted by molar-refractivity contribution is 0.197. The normalized spacial score (nSPS) is 13.9. The molecule has 1 unspecified atom stereocenters. The highest BCUT2D eigenvalue weighted by Crippen LogP contribution is 2.39. The molecule has 1 aromatic carbocycles. The average Bonchev–Trinajstić information content (AvgIpc) is 2.91. The zero-order valence-electron chi connectivity index (χ0n) is 23.4. The van der Waals surface area contributed by atoms with Gasteiger partial charge in [-0.1, -0.05) is 70.0 Å². The van der Waals surface area contributed by atoms with Crippen molar-refractivity contribution >= 4 is 5.84 Å². The first-order chi connectivity index (χ1) is 17.3. The van der Waals surface area contributed by atoms with Gasteiger partial charge in [-0.05, 0) is 82.8 Å². The number of amidine groups is 1. The third-order valence-electron chi connectivity index (χ3n) is 5.92. The molecule has 2 rings (SSSR count). The lowest BCUT2D eigenvalue weighted by atomic mass is 9.77. The van der Waals surface area contributed by atoms with Crippen LogP contribution in [-0.4, -0.2) is 59.1 Å². The zero-order valence-corrected chi connectivity index (χ0v) is 23.4. The molecule has 5 heteroatoms. The van der Waals surface area contributed by atoms with Crippen molar-refractivity contribution in [2.75, 3.05) is 33.2 Å². The molecule has 1 fully saturated rings. The molecule has 1 aliphatic rings. The van der Waals surface area contributed by atoms with Crippen LogP contribution >= 0.6 is 0 Å². The highest BCUT2D eigenvalue weighted by molar-refractivity contribution is 5.96. The van der Waals surface area contributed by atoms with Gasteiger partial charge in [-0.2, -0.15) is 0 Å². The molecule has 1 heterocycles. The van der Waals surface area contributed by atoms with E-state index in [1.807, 2.05) is 50.8 Å². The van der Waals surface area contributed by atoms with Gasteiger partial charge in [-0.3, -0.25) is 5.41 Å². The monoisotopic (exact) mass is 497 g/mol. The van der Waals surface area contributed by atoms with Gasteiger partial charge < -0.3 is 20.0 Å². The second kappa shape index (κ2) is 22.4. The first kappa shape index (κ1) is 35.1. The van der Waals surface area contributed by atoms with Crippen molar-refractivity contribution in [2.45, 2.75) is 52.9 Å². The summed E-state index contributed by atoms with van der Waals surface area (Å²) in [6.07, 6.45) is 12.3. The maximum absolute atomic E-state index is 10.7. The summed E-state index contributed by atoms with van der Waals surface area (Å²) >= 11 is 0. The minimum atomic E-state index is 0.308. The summed E-state index contributed by atoms with van der Waals surface area (Å²) < 4.78 is 0. The number of rotatable bonds is 9. The standard InChI is InChI=1S/C21H33N3O.C4H6O.C4H6.C2H6/c1-5-8-18(16-11-13-23(4)14-12-16)19-10-9-17(15-20(19)25)21(22)24(6-2)7-3;1-2-3-4-5;1-3-4-2;1-2/h5,9-10,15-16,18,22,25H,1,6-8,11-14H2,2-4H3;2-5H,1H2;3-4H,1-2H2;1-2H3/b;4-3-;;. The van der Waals surface area contributed by atoms with Crippen LogP contribution < -0.4 is 0 Å². The molecule has 0 spiro atoms. The Bertz CT molecular complexity index is 783. The number of phenolic OH excluding ortho intramolecular Hbond substituents is 1. The zero-order chi connectivity index (χ0) is 27.9. The van der Waals surface area contributed by atoms with Gasteiger partial charge in [-0.25, -0.2) is 0 Å². The predicted molar refractivity (Wildman–Crippen MR) is 159 cm³/mol. The number of aliphatic hydroxyl groups excluding tert-OH is 1. The molecule has 3 N–H and O–H groups in total. The summed E-state index contributed by atoms with van der Waals surface area (Å²) in [5.74, 6) is 1.68. The highest BCUT2D eigenvalue weighted by Gasteiger charge is 2.27. The number of aliphatic hydroxyl groups is 1. The number of aromatic hydroxyl groups is 1. The molecule has 0 bridgehead atoms. The average molecular weight is 498 g/mol. The molecule has 1 aromatic rings. The first-order valence-electron chi connectivity index (χ1n) is 13.0. The number of nitrogens with zero attached hydrogens (tertiary/aromatic N) is 2. The molecular formula is C31H51N3O2. The molecule has 5 nitrogen and oxygen atoms in total. The molecular weight excluding hydrogens is 446 g/mol. The van der Waals surface area contributed by atoms with E-state index in [-0.39, 0.29) is 0 Å². The van der Waals surface area contributed by atoms with Crippen molar-refractivity contribution in [3.05, 3.63) is 92.3 Å². The maximum Gasteiger partial charge on any atom is 0.128 e. The summed E-state index contributed by atoms with van der Waals surface area (Å²) in [5, 5.41) is 26.9. The molecule has 36 heavy (non-hydrogen) atoms. The van der Waals surface area contributed by atoms with E-state index >= 15 is 0 Å². The fraction of sp³-hybridized carbons (Fsp3) is 0.452. The van der Waals surface area contributed by atoms with Crippen molar-refractivity contribution in [1.29, 1.82) is 5.41 Å². The first-order valence-corrected chi connectivity index (χ1v) is 13.0. The van der Waals surface area contributed by atoms with Gasteiger partial charge >= 0.3 is 0 Å². The Morgan fingerprint density at radius 2 is 1.64 bits per heavy atom. The van der Waals surface area contributed by atoms with E-state index in [1.165, 1.54) is 12.2 Å². The van der Waals surface area contributed by atoms with E-state index in [1.54, 1.807) is 18.2 Å². The second-order valence-electron chi connectivity index (χ2n) is 8.11. The second-order valence-corrected chi connectivity index (χ2v) is 8.11. The molecule has 0 aliphatic carbocycles. The third-order valence-corrected chi connectivity index (χ3v) is 5.92. The quantitative estimate of drug-likeness (QED) is 0.107. The molecule has 0 saturated carbocycles. The van der Waals surface area contributed by atoms with Crippen molar-refractivity contribution < 1.29 is 10.2 Å². The molecule has 1 saturated heterocycles. The van der Waals surface area contributed by atoms with Crippen LogP contribution in [0.1, 0.15) is 64.0 Å². The Labute approximate surface area is 221 Å². The molecule has 0 amide bonds. The number of likely N-dealkylation sites (tertiary alicyclic amines) is 1. The highest BCUT2D eigenvalue weighted by atomic mass is 16.3. The van der Waals surface area contributed by atoms with Crippen LogP contribution in [0.25, 0.3) is 0 Å². The largest absolute Gasteiger partial charge is 0.516 e. The molecule has 0 aromatic heterocycles. The SMILES string of the molecule is C=C/C=C\O.C=CC=C.C=CCC(c1ccc(C(=N)N(CC)CC)cc1O)C1CCN(C)CC1.CC. The van der Waals surface area contributed by atoms with Crippen molar-refractivity contribution in [3.63, 3.8) is 0 Å². The fourth-order valence-corrected chi connectivity index (χ4v) is 3.97. The number of hydrogen-bond acceptors (Lipinski definition) is 4. The Kier molecular flexibility index (Phi) is 21.9. The number of benzene rings is 1. The van der Waals surface area contributed by atoms with E-state index in [2.05, 4.69) is 38.3 Å².